The molecule has 0 aliphatic carbocycles. The Morgan fingerprint density at radius 1 is 1.06 bits per heavy atom. The third-order valence-corrected chi connectivity index (χ3v) is 7.39. The standard InChI is InChI=1S/C23H28N2O5S/c1-4-30-23(27)19-7-10-21(17(3)15-19)24-22(26)18-11-13-25(14-12-18)31(28,29)20-8-5-16(2)6-9-20/h5-10,15,18H,4,11-14H2,1-3H3,(H,24,26). The molecule has 1 fully saturated rings. The van der Waals surface area contributed by atoms with Crippen LogP contribution in [0.1, 0.15) is 41.3 Å². The molecule has 7 nitrogen and oxygen atoms in total. The minimum atomic E-state index is -3.55. The number of carbonyl (C=O) groups is 2. The first-order valence-corrected chi connectivity index (χ1v) is 11.8. The summed E-state index contributed by atoms with van der Waals surface area (Å²) in [5.41, 5.74) is 2.83. The van der Waals surface area contributed by atoms with Gasteiger partial charge in [-0.3, -0.25) is 4.79 Å². The number of ether oxygens (including phenoxy) is 1. The Bertz CT molecular complexity index is 1060. The van der Waals surface area contributed by atoms with E-state index in [9.17, 15) is 18.0 Å². The van der Waals surface area contributed by atoms with Crippen molar-refractivity contribution in [2.24, 2.45) is 5.92 Å². The lowest BCUT2D eigenvalue weighted by atomic mass is 9.97. The van der Waals surface area contributed by atoms with Crippen LogP contribution in [0.3, 0.4) is 0 Å². The van der Waals surface area contributed by atoms with Crippen molar-refractivity contribution in [1.29, 1.82) is 0 Å². The molecule has 1 N–H and O–H groups in total. The summed E-state index contributed by atoms with van der Waals surface area (Å²) in [5.74, 6) is -0.807. The van der Waals surface area contributed by atoms with E-state index in [1.165, 1.54) is 4.31 Å². The van der Waals surface area contributed by atoms with Gasteiger partial charge in [-0.1, -0.05) is 17.7 Å². The molecule has 0 aromatic heterocycles. The van der Waals surface area contributed by atoms with Gasteiger partial charge >= 0.3 is 5.97 Å². The molecule has 2 aromatic carbocycles. The van der Waals surface area contributed by atoms with E-state index >= 15 is 0 Å². The smallest absolute Gasteiger partial charge is 0.338 e. The molecule has 1 heterocycles. The first-order valence-electron chi connectivity index (χ1n) is 10.4. The minimum Gasteiger partial charge on any atom is -0.462 e. The number of anilines is 1. The molecule has 1 aliphatic heterocycles. The Morgan fingerprint density at radius 3 is 2.29 bits per heavy atom. The number of esters is 1. The van der Waals surface area contributed by atoms with Crippen molar-refractivity contribution >= 4 is 27.6 Å². The van der Waals surface area contributed by atoms with Crippen molar-refractivity contribution in [3.8, 4) is 0 Å². The van der Waals surface area contributed by atoms with Crippen molar-refractivity contribution in [2.45, 2.75) is 38.5 Å². The zero-order valence-electron chi connectivity index (χ0n) is 18.1. The average molecular weight is 445 g/mol. The summed E-state index contributed by atoms with van der Waals surface area (Å²) < 4.78 is 32.1. The summed E-state index contributed by atoms with van der Waals surface area (Å²) in [6.07, 6.45) is 0.910. The lowest BCUT2D eigenvalue weighted by Crippen LogP contribution is -2.41. The number of hydrogen-bond acceptors (Lipinski definition) is 5. The van der Waals surface area contributed by atoms with Gasteiger partial charge in [0.25, 0.3) is 0 Å². The van der Waals surface area contributed by atoms with Crippen LogP contribution < -0.4 is 5.32 Å². The topological polar surface area (TPSA) is 92.8 Å². The van der Waals surface area contributed by atoms with Crippen molar-refractivity contribution < 1.29 is 22.7 Å². The fourth-order valence-corrected chi connectivity index (χ4v) is 5.07. The Labute approximate surface area is 183 Å². The highest BCUT2D eigenvalue weighted by Gasteiger charge is 2.32. The summed E-state index contributed by atoms with van der Waals surface area (Å²) in [6, 6.07) is 11.8. The largest absolute Gasteiger partial charge is 0.462 e. The van der Waals surface area contributed by atoms with Crippen molar-refractivity contribution in [1.82, 2.24) is 4.31 Å². The van der Waals surface area contributed by atoms with E-state index in [0.29, 0.717) is 43.8 Å². The molecular formula is C23H28N2O5S. The minimum absolute atomic E-state index is 0.139. The van der Waals surface area contributed by atoms with Crippen LogP contribution in [0.15, 0.2) is 47.4 Å². The van der Waals surface area contributed by atoms with Crippen LogP contribution >= 0.6 is 0 Å². The quantitative estimate of drug-likeness (QED) is 0.688. The van der Waals surface area contributed by atoms with Crippen molar-refractivity contribution in [3.05, 3.63) is 59.2 Å². The molecule has 0 bridgehead atoms. The fraction of sp³-hybridized carbons (Fsp3) is 0.391. The van der Waals surface area contributed by atoms with Crippen LogP contribution in [0.5, 0.6) is 0 Å². The Hall–Kier alpha value is -2.71. The number of hydrogen-bond donors (Lipinski definition) is 1. The van der Waals surface area contributed by atoms with E-state index < -0.39 is 16.0 Å². The van der Waals surface area contributed by atoms with Crippen LogP contribution in [-0.2, 0) is 19.6 Å². The summed E-state index contributed by atoms with van der Waals surface area (Å²) >= 11 is 0. The highest BCUT2D eigenvalue weighted by Crippen LogP contribution is 2.26. The highest BCUT2D eigenvalue weighted by atomic mass is 32.2. The van der Waals surface area contributed by atoms with E-state index in [0.717, 1.165) is 11.1 Å². The van der Waals surface area contributed by atoms with E-state index in [-0.39, 0.29) is 16.7 Å². The number of sulfonamides is 1. The van der Waals surface area contributed by atoms with Crippen LogP contribution in [0, 0.1) is 19.8 Å². The van der Waals surface area contributed by atoms with Crippen LogP contribution in [-0.4, -0.2) is 44.3 Å². The second kappa shape index (κ2) is 9.62. The molecule has 1 amide bonds. The monoisotopic (exact) mass is 444 g/mol. The van der Waals surface area contributed by atoms with Gasteiger partial charge in [0.15, 0.2) is 0 Å². The zero-order chi connectivity index (χ0) is 22.6. The molecule has 166 valence electrons. The number of carbonyl (C=O) groups excluding carboxylic acids is 2. The maximum atomic E-state index is 12.8. The molecular weight excluding hydrogens is 416 g/mol. The lowest BCUT2D eigenvalue weighted by molar-refractivity contribution is -0.120. The summed E-state index contributed by atoms with van der Waals surface area (Å²) in [4.78, 5) is 24.9. The van der Waals surface area contributed by atoms with Crippen LogP contribution in [0.25, 0.3) is 0 Å². The molecule has 8 heteroatoms. The Kier molecular flexibility index (Phi) is 7.12. The average Bonchev–Trinajstić information content (AvgIpc) is 2.75. The normalized spacial score (nSPS) is 15.5. The van der Waals surface area contributed by atoms with E-state index in [2.05, 4.69) is 5.32 Å². The zero-order valence-corrected chi connectivity index (χ0v) is 18.9. The Balaban J connectivity index is 1.60. The summed E-state index contributed by atoms with van der Waals surface area (Å²) in [5, 5.41) is 2.91. The number of benzene rings is 2. The van der Waals surface area contributed by atoms with Gasteiger partial charge in [0.1, 0.15) is 0 Å². The second-order valence-corrected chi connectivity index (χ2v) is 9.67. The van der Waals surface area contributed by atoms with Gasteiger partial charge in [0.2, 0.25) is 15.9 Å². The maximum absolute atomic E-state index is 12.8. The van der Waals surface area contributed by atoms with Gasteiger partial charge < -0.3 is 10.1 Å². The third kappa shape index (κ3) is 5.32. The molecule has 3 rings (SSSR count). The van der Waals surface area contributed by atoms with Crippen LogP contribution in [0.2, 0.25) is 0 Å². The number of piperidine rings is 1. The SMILES string of the molecule is CCOC(=O)c1ccc(NC(=O)C2CCN(S(=O)(=O)c3ccc(C)cc3)CC2)c(C)c1. The van der Waals surface area contributed by atoms with Gasteiger partial charge in [-0.25, -0.2) is 13.2 Å². The molecule has 31 heavy (non-hydrogen) atoms. The van der Waals surface area contributed by atoms with E-state index in [4.69, 9.17) is 4.74 Å². The lowest BCUT2D eigenvalue weighted by Gasteiger charge is -2.30. The molecule has 1 aliphatic rings. The van der Waals surface area contributed by atoms with E-state index in [1.54, 1.807) is 49.4 Å². The van der Waals surface area contributed by atoms with Gasteiger partial charge in [-0.15, -0.1) is 0 Å². The predicted octanol–water partition coefficient (Wildman–Crippen LogP) is 3.52. The van der Waals surface area contributed by atoms with Gasteiger partial charge in [-0.2, -0.15) is 4.31 Å². The number of nitrogens with one attached hydrogen (secondary N) is 1. The summed E-state index contributed by atoms with van der Waals surface area (Å²) in [6.45, 7) is 6.37. The second-order valence-electron chi connectivity index (χ2n) is 7.73. The van der Waals surface area contributed by atoms with E-state index in [1.807, 2.05) is 13.8 Å². The Morgan fingerprint density at radius 2 is 1.71 bits per heavy atom. The molecule has 0 radical (unpaired) electrons. The number of amides is 1. The predicted molar refractivity (Wildman–Crippen MR) is 118 cm³/mol. The first-order chi connectivity index (χ1) is 14.7. The van der Waals surface area contributed by atoms with Gasteiger partial charge in [0.05, 0.1) is 17.1 Å². The first kappa shape index (κ1) is 23.0. The molecule has 0 unspecified atom stereocenters. The highest BCUT2D eigenvalue weighted by molar-refractivity contribution is 7.89. The number of nitrogens with zero attached hydrogens (tertiary/aromatic N) is 1. The molecule has 1 saturated heterocycles. The summed E-state index contributed by atoms with van der Waals surface area (Å²) in [7, 11) is -3.55. The molecule has 2 aromatic rings. The number of rotatable bonds is 6. The molecule has 0 saturated carbocycles. The number of aryl methyl sites for hydroxylation is 2. The maximum Gasteiger partial charge on any atom is 0.338 e. The molecule has 0 atom stereocenters. The van der Waals surface area contributed by atoms with Crippen molar-refractivity contribution in [3.63, 3.8) is 0 Å². The molecule has 0 spiro atoms. The van der Waals surface area contributed by atoms with Crippen LogP contribution in [0.4, 0.5) is 5.69 Å². The fourth-order valence-electron chi connectivity index (χ4n) is 3.60. The van der Waals surface area contributed by atoms with Gasteiger partial charge in [-0.05, 0) is 69.5 Å². The van der Waals surface area contributed by atoms with Gasteiger partial charge in [0, 0.05) is 24.7 Å². The van der Waals surface area contributed by atoms with Crippen molar-refractivity contribution in [2.75, 3.05) is 25.0 Å². The third-order valence-electron chi connectivity index (χ3n) is 5.48.